The van der Waals surface area contributed by atoms with Crippen LogP contribution in [0.1, 0.15) is 50.8 Å². The first kappa shape index (κ1) is 24.8. The van der Waals surface area contributed by atoms with Crippen molar-refractivity contribution in [1.29, 1.82) is 0 Å². The van der Waals surface area contributed by atoms with E-state index < -0.39 is 29.0 Å². The zero-order valence-electron chi connectivity index (χ0n) is 20.1. The van der Waals surface area contributed by atoms with E-state index in [2.05, 4.69) is 34.4 Å². The number of rotatable bonds is 5. The summed E-state index contributed by atoms with van der Waals surface area (Å²) in [5.41, 5.74) is 0.757. The Morgan fingerprint density at radius 1 is 1.21 bits per heavy atom. The van der Waals surface area contributed by atoms with Crippen LogP contribution in [0.15, 0.2) is 18.2 Å². The highest BCUT2D eigenvalue weighted by Crippen LogP contribution is 2.29. The van der Waals surface area contributed by atoms with E-state index >= 15 is 0 Å². The molecule has 1 aliphatic heterocycles. The van der Waals surface area contributed by atoms with E-state index in [1.54, 1.807) is 0 Å². The average Bonchev–Trinajstić information content (AvgIpc) is 3.00. The molecule has 1 aromatic carbocycles. The topological polar surface area (TPSA) is 79.3 Å². The maximum absolute atomic E-state index is 14.0. The Hall–Kier alpha value is -2.81. The number of nitrogens with zero attached hydrogens (tertiary/aromatic N) is 3. The number of benzene rings is 1. The van der Waals surface area contributed by atoms with Crippen molar-refractivity contribution in [1.82, 2.24) is 25.1 Å². The highest BCUT2D eigenvalue weighted by molar-refractivity contribution is 5.97. The molecule has 0 saturated carbocycles. The van der Waals surface area contributed by atoms with Gasteiger partial charge in [0, 0.05) is 32.2 Å². The van der Waals surface area contributed by atoms with E-state index in [1.165, 1.54) is 13.1 Å². The van der Waals surface area contributed by atoms with Crippen LogP contribution in [0.3, 0.4) is 0 Å². The van der Waals surface area contributed by atoms with Crippen molar-refractivity contribution in [2.24, 2.45) is 11.3 Å². The summed E-state index contributed by atoms with van der Waals surface area (Å²) in [6, 6.07) is 2.85. The van der Waals surface area contributed by atoms with Crippen LogP contribution < -0.4 is 10.6 Å². The van der Waals surface area contributed by atoms with Crippen LogP contribution in [-0.4, -0.2) is 52.4 Å². The van der Waals surface area contributed by atoms with Gasteiger partial charge >= 0.3 is 0 Å². The van der Waals surface area contributed by atoms with Crippen molar-refractivity contribution in [2.75, 3.05) is 20.1 Å². The Morgan fingerprint density at radius 2 is 1.91 bits per heavy atom. The molecular weight excluding hydrogens is 428 g/mol. The standard InChI is InChI=1S/C24H33F2N5O2/c1-7-30-11-14(2)12-31-18(13-30)19(22(32)29-20(23(33)27-6)24(3,4)5)28-21(31)15-8-9-16(25)17(26)10-15/h8-10,14,20H,7,11-13H2,1-6H3,(H,27,33)(H,29,32). The summed E-state index contributed by atoms with van der Waals surface area (Å²) < 4.78 is 29.5. The Balaban J connectivity index is 2.12. The Kier molecular flexibility index (Phi) is 7.21. The summed E-state index contributed by atoms with van der Waals surface area (Å²) in [6.45, 7) is 12.5. The van der Waals surface area contributed by atoms with Crippen LogP contribution in [0.2, 0.25) is 0 Å². The smallest absolute Gasteiger partial charge is 0.272 e. The number of aromatic nitrogens is 2. The second kappa shape index (κ2) is 9.59. The van der Waals surface area contributed by atoms with Crippen LogP contribution in [0, 0.1) is 23.0 Å². The number of nitrogens with one attached hydrogen (secondary N) is 2. The molecule has 0 fully saturated rings. The average molecular weight is 462 g/mol. The zero-order chi connectivity index (χ0) is 24.5. The number of likely N-dealkylation sites (N-methyl/N-ethyl adjacent to an activating group) is 1. The van der Waals surface area contributed by atoms with Gasteiger partial charge in [-0.2, -0.15) is 0 Å². The van der Waals surface area contributed by atoms with E-state index in [0.717, 1.165) is 25.2 Å². The van der Waals surface area contributed by atoms with Gasteiger partial charge < -0.3 is 15.2 Å². The quantitative estimate of drug-likeness (QED) is 0.717. The van der Waals surface area contributed by atoms with Gasteiger partial charge in [0.15, 0.2) is 17.3 Å². The maximum atomic E-state index is 14.0. The molecule has 0 radical (unpaired) electrons. The van der Waals surface area contributed by atoms with Gasteiger partial charge in [-0.3, -0.25) is 14.5 Å². The Bertz CT molecular complexity index is 1040. The number of imidazole rings is 1. The van der Waals surface area contributed by atoms with Crippen LogP contribution in [0.4, 0.5) is 8.78 Å². The van der Waals surface area contributed by atoms with Crippen LogP contribution in [-0.2, 0) is 17.9 Å². The molecule has 1 aliphatic rings. The molecule has 9 heteroatoms. The van der Waals surface area contributed by atoms with E-state index in [9.17, 15) is 18.4 Å². The lowest BCUT2D eigenvalue weighted by Gasteiger charge is -2.29. The molecule has 0 saturated heterocycles. The first-order valence-corrected chi connectivity index (χ1v) is 11.3. The normalized spacial score (nSPS) is 17.8. The van der Waals surface area contributed by atoms with Crippen molar-refractivity contribution in [2.45, 2.75) is 53.8 Å². The maximum Gasteiger partial charge on any atom is 0.272 e. The second-order valence-corrected chi connectivity index (χ2v) is 9.79. The van der Waals surface area contributed by atoms with Crippen molar-refractivity contribution in [3.05, 3.63) is 41.2 Å². The molecule has 2 N–H and O–H groups in total. The molecule has 33 heavy (non-hydrogen) atoms. The SMILES string of the molecule is CCN1Cc2c(C(=O)NC(C(=O)NC)C(C)(C)C)nc(-c3ccc(F)c(F)c3)n2CC(C)C1. The summed E-state index contributed by atoms with van der Waals surface area (Å²) in [5, 5.41) is 5.45. The highest BCUT2D eigenvalue weighted by Gasteiger charge is 2.35. The molecule has 2 unspecified atom stereocenters. The van der Waals surface area contributed by atoms with Gasteiger partial charge in [0.2, 0.25) is 5.91 Å². The van der Waals surface area contributed by atoms with Crippen molar-refractivity contribution >= 4 is 11.8 Å². The van der Waals surface area contributed by atoms with Crippen molar-refractivity contribution in [3.8, 4) is 11.4 Å². The lowest BCUT2D eigenvalue weighted by Crippen LogP contribution is -2.53. The fourth-order valence-corrected chi connectivity index (χ4v) is 4.23. The minimum absolute atomic E-state index is 0.195. The van der Waals surface area contributed by atoms with Gasteiger partial charge in [0.25, 0.3) is 5.91 Å². The molecule has 180 valence electrons. The van der Waals surface area contributed by atoms with Crippen LogP contribution >= 0.6 is 0 Å². The molecule has 7 nitrogen and oxygen atoms in total. The predicted octanol–water partition coefficient (Wildman–Crippen LogP) is 3.19. The minimum Gasteiger partial charge on any atom is -0.357 e. The molecule has 0 spiro atoms. The van der Waals surface area contributed by atoms with Gasteiger partial charge in [-0.05, 0) is 36.1 Å². The van der Waals surface area contributed by atoms with Gasteiger partial charge in [0.1, 0.15) is 11.9 Å². The van der Waals surface area contributed by atoms with Crippen LogP contribution in [0.5, 0.6) is 0 Å². The number of hydrogen-bond acceptors (Lipinski definition) is 4. The molecule has 2 heterocycles. The molecule has 1 aromatic heterocycles. The van der Waals surface area contributed by atoms with E-state index in [1.807, 2.05) is 25.3 Å². The Labute approximate surface area is 193 Å². The van der Waals surface area contributed by atoms with Gasteiger partial charge in [-0.25, -0.2) is 13.8 Å². The van der Waals surface area contributed by atoms with Gasteiger partial charge in [-0.1, -0.05) is 34.6 Å². The molecule has 3 rings (SSSR count). The molecule has 0 bridgehead atoms. The highest BCUT2D eigenvalue weighted by atomic mass is 19.2. The monoisotopic (exact) mass is 461 g/mol. The first-order valence-electron chi connectivity index (χ1n) is 11.3. The molecular formula is C24H33F2N5O2. The summed E-state index contributed by atoms with van der Waals surface area (Å²) >= 11 is 0. The lowest BCUT2D eigenvalue weighted by atomic mass is 9.86. The summed E-state index contributed by atoms with van der Waals surface area (Å²) in [4.78, 5) is 32.7. The largest absolute Gasteiger partial charge is 0.357 e. The van der Waals surface area contributed by atoms with Crippen molar-refractivity contribution in [3.63, 3.8) is 0 Å². The number of halogens is 2. The summed E-state index contributed by atoms with van der Waals surface area (Å²) in [6.07, 6.45) is 0. The van der Waals surface area contributed by atoms with E-state index in [4.69, 9.17) is 0 Å². The number of hydrogen-bond donors (Lipinski definition) is 2. The fraction of sp³-hybridized carbons (Fsp3) is 0.542. The second-order valence-electron chi connectivity index (χ2n) is 9.79. The summed E-state index contributed by atoms with van der Waals surface area (Å²) in [5.74, 6) is -2.02. The molecule has 2 aromatic rings. The molecule has 2 amide bonds. The predicted molar refractivity (Wildman–Crippen MR) is 122 cm³/mol. The van der Waals surface area contributed by atoms with Crippen molar-refractivity contribution < 1.29 is 18.4 Å². The summed E-state index contributed by atoms with van der Waals surface area (Å²) in [7, 11) is 1.53. The minimum atomic E-state index is -0.972. The third-order valence-electron chi connectivity index (χ3n) is 6.00. The lowest BCUT2D eigenvalue weighted by molar-refractivity contribution is -0.124. The van der Waals surface area contributed by atoms with E-state index in [-0.39, 0.29) is 17.5 Å². The first-order chi connectivity index (χ1) is 15.5. The number of carbonyl (C=O) groups excluding carboxylic acids is 2. The van der Waals surface area contributed by atoms with Crippen LogP contribution in [0.25, 0.3) is 11.4 Å². The van der Waals surface area contributed by atoms with Gasteiger partial charge in [-0.15, -0.1) is 0 Å². The zero-order valence-corrected chi connectivity index (χ0v) is 20.1. The Morgan fingerprint density at radius 3 is 2.48 bits per heavy atom. The number of fused-ring (bicyclic) bond motifs is 1. The third kappa shape index (κ3) is 5.24. The van der Waals surface area contributed by atoms with Gasteiger partial charge in [0.05, 0.1) is 5.69 Å². The third-order valence-corrected chi connectivity index (χ3v) is 6.00. The fourth-order valence-electron chi connectivity index (χ4n) is 4.23. The molecule has 2 atom stereocenters. The number of carbonyl (C=O) groups is 2. The van der Waals surface area contributed by atoms with E-state index in [0.29, 0.717) is 30.2 Å². The molecule has 0 aliphatic carbocycles. The number of amides is 2.